The molecule has 0 fully saturated rings. The molecule has 0 amide bonds. The Labute approximate surface area is 118 Å². The molecule has 1 aromatic carbocycles. The van der Waals surface area contributed by atoms with E-state index in [9.17, 15) is 4.39 Å². The van der Waals surface area contributed by atoms with Crippen molar-refractivity contribution in [2.24, 2.45) is 5.73 Å². The molecule has 3 heteroatoms. The van der Waals surface area contributed by atoms with E-state index in [0.29, 0.717) is 0 Å². The van der Waals surface area contributed by atoms with Crippen LogP contribution in [-0.2, 0) is 6.42 Å². The smallest absolute Gasteiger partial charge is 0.123 e. The minimum Gasteiger partial charge on any atom is -0.323 e. The second kappa shape index (κ2) is 5.33. The van der Waals surface area contributed by atoms with Crippen molar-refractivity contribution in [2.45, 2.75) is 38.1 Å². The van der Waals surface area contributed by atoms with Crippen LogP contribution in [0.25, 0.3) is 0 Å². The lowest BCUT2D eigenvalue weighted by molar-refractivity contribution is 0.461. The Morgan fingerprint density at radius 2 is 2.20 bits per heavy atom. The van der Waals surface area contributed by atoms with E-state index in [1.165, 1.54) is 11.6 Å². The number of rotatable bonds is 2. The van der Waals surface area contributed by atoms with Crippen molar-refractivity contribution in [3.63, 3.8) is 0 Å². The van der Waals surface area contributed by atoms with Gasteiger partial charge in [-0.2, -0.15) is 0 Å². The Hall–Kier alpha value is -1.74. The number of aryl methyl sites for hydroxylation is 2. The summed E-state index contributed by atoms with van der Waals surface area (Å²) in [6, 6.07) is 8.96. The van der Waals surface area contributed by atoms with Gasteiger partial charge in [0.05, 0.1) is 0 Å². The number of hydrogen-bond acceptors (Lipinski definition) is 2. The molecule has 0 aliphatic heterocycles. The maximum absolute atomic E-state index is 13.6. The van der Waals surface area contributed by atoms with Crippen LogP contribution in [0.4, 0.5) is 4.39 Å². The highest BCUT2D eigenvalue weighted by molar-refractivity contribution is 5.33. The quantitative estimate of drug-likeness (QED) is 0.904. The fraction of sp³-hybridized carbons (Fsp3) is 0.353. The van der Waals surface area contributed by atoms with Gasteiger partial charge < -0.3 is 5.73 Å². The maximum Gasteiger partial charge on any atom is 0.123 e. The molecule has 2 atom stereocenters. The highest BCUT2D eigenvalue weighted by Crippen LogP contribution is 2.38. The first-order valence-electron chi connectivity index (χ1n) is 7.11. The van der Waals surface area contributed by atoms with E-state index < -0.39 is 0 Å². The van der Waals surface area contributed by atoms with Crippen molar-refractivity contribution in [2.75, 3.05) is 0 Å². The Bertz CT molecular complexity index is 604. The fourth-order valence-electron chi connectivity index (χ4n) is 3.18. The predicted octanol–water partition coefficient (Wildman–Crippen LogP) is 3.65. The second-order valence-electron chi connectivity index (χ2n) is 5.63. The molecule has 3 rings (SSSR count). The summed E-state index contributed by atoms with van der Waals surface area (Å²) < 4.78 is 13.6. The number of nitrogens with two attached hydrogens (primary N) is 1. The van der Waals surface area contributed by atoms with Gasteiger partial charge in [-0.3, -0.25) is 4.98 Å². The van der Waals surface area contributed by atoms with Crippen LogP contribution in [0.1, 0.15) is 47.2 Å². The highest BCUT2D eigenvalue weighted by Gasteiger charge is 2.28. The van der Waals surface area contributed by atoms with Gasteiger partial charge in [-0.15, -0.1) is 0 Å². The highest BCUT2D eigenvalue weighted by atomic mass is 19.1. The molecule has 0 saturated heterocycles. The van der Waals surface area contributed by atoms with Crippen LogP contribution in [0.3, 0.4) is 0 Å². The van der Waals surface area contributed by atoms with Gasteiger partial charge in [-0.05, 0) is 61.1 Å². The molecular weight excluding hydrogens is 251 g/mol. The molecule has 0 radical (unpaired) electrons. The zero-order valence-corrected chi connectivity index (χ0v) is 11.6. The molecule has 2 N–H and O–H groups in total. The molecule has 0 bridgehead atoms. The topological polar surface area (TPSA) is 38.9 Å². The number of fused-ring (bicyclic) bond motifs is 1. The second-order valence-corrected chi connectivity index (χ2v) is 5.63. The summed E-state index contributed by atoms with van der Waals surface area (Å²) in [5.74, 6) is -0.0337. The van der Waals surface area contributed by atoms with Crippen LogP contribution in [0.2, 0.25) is 0 Å². The lowest BCUT2D eigenvalue weighted by Crippen LogP contribution is -2.24. The molecule has 0 saturated carbocycles. The Morgan fingerprint density at radius 1 is 1.35 bits per heavy atom. The average Bonchev–Trinajstić information content (AvgIpc) is 2.45. The van der Waals surface area contributed by atoms with E-state index >= 15 is 0 Å². The minimum absolute atomic E-state index is 0.182. The summed E-state index contributed by atoms with van der Waals surface area (Å²) in [7, 11) is 0. The molecule has 1 heterocycles. The van der Waals surface area contributed by atoms with Gasteiger partial charge in [0.2, 0.25) is 0 Å². The average molecular weight is 270 g/mol. The summed E-state index contributed by atoms with van der Waals surface area (Å²) in [5.41, 5.74) is 10.6. The van der Waals surface area contributed by atoms with Crippen molar-refractivity contribution in [1.29, 1.82) is 0 Å². The summed E-state index contributed by atoms with van der Waals surface area (Å²) in [4.78, 5) is 4.52. The Balaban J connectivity index is 1.97. The molecule has 1 aliphatic rings. The lowest BCUT2D eigenvalue weighted by atomic mass is 9.80. The zero-order chi connectivity index (χ0) is 14.1. The first kappa shape index (κ1) is 13.3. The standard InChI is InChI=1S/C17H19FN2/c1-11-8-13(10-14(18)9-11)16(19)15-6-2-4-12-5-3-7-20-17(12)15/h3,5,7-10,15-16H,2,4,6,19H2,1H3. The zero-order valence-electron chi connectivity index (χ0n) is 11.6. The molecule has 2 nitrogen and oxygen atoms in total. The molecule has 1 aliphatic carbocycles. The van der Waals surface area contributed by atoms with Gasteiger partial charge in [-0.25, -0.2) is 4.39 Å². The van der Waals surface area contributed by atoms with Crippen molar-refractivity contribution in [3.8, 4) is 0 Å². The minimum atomic E-state index is -0.215. The largest absolute Gasteiger partial charge is 0.323 e. The monoisotopic (exact) mass is 270 g/mol. The van der Waals surface area contributed by atoms with Gasteiger partial charge in [0.25, 0.3) is 0 Å². The van der Waals surface area contributed by atoms with Crippen LogP contribution >= 0.6 is 0 Å². The molecule has 2 aromatic rings. The summed E-state index contributed by atoms with van der Waals surface area (Å²) in [6.45, 7) is 1.90. The number of benzene rings is 1. The first-order valence-corrected chi connectivity index (χ1v) is 7.11. The van der Waals surface area contributed by atoms with Crippen molar-refractivity contribution < 1.29 is 4.39 Å². The van der Waals surface area contributed by atoms with E-state index in [1.807, 2.05) is 25.3 Å². The number of halogens is 1. The number of aromatic nitrogens is 1. The lowest BCUT2D eigenvalue weighted by Gasteiger charge is -2.29. The van der Waals surface area contributed by atoms with E-state index in [0.717, 1.165) is 36.1 Å². The third-order valence-corrected chi connectivity index (χ3v) is 4.12. The predicted molar refractivity (Wildman–Crippen MR) is 78.0 cm³/mol. The van der Waals surface area contributed by atoms with Gasteiger partial charge in [0.1, 0.15) is 5.82 Å². The van der Waals surface area contributed by atoms with E-state index in [4.69, 9.17) is 5.73 Å². The van der Waals surface area contributed by atoms with E-state index in [-0.39, 0.29) is 17.8 Å². The first-order chi connectivity index (χ1) is 9.65. The number of nitrogens with zero attached hydrogens (tertiary/aromatic N) is 1. The molecular formula is C17H19FN2. The van der Waals surface area contributed by atoms with Crippen LogP contribution in [0.5, 0.6) is 0 Å². The maximum atomic E-state index is 13.6. The van der Waals surface area contributed by atoms with Crippen LogP contribution in [0, 0.1) is 12.7 Å². The summed E-state index contributed by atoms with van der Waals surface area (Å²) >= 11 is 0. The molecule has 104 valence electrons. The SMILES string of the molecule is Cc1cc(F)cc(C(N)C2CCCc3cccnc32)c1. The van der Waals surface area contributed by atoms with Crippen LogP contribution in [-0.4, -0.2) is 4.98 Å². The van der Waals surface area contributed by atoms with E-state index in [1.54, 1.807) is 6.07 Å². The molecule has 20 heavy (non-hydrogen) atoms. The van der Waals surface area contributed by atoms with Crippen molar-refractivity contribution in [3.05, 3.63) is 64.7 Å². The van der Waals surface area contributed by atoms with Crippen LogP contribution in [0.15, 0.2) is 36.5 Å². The Kier molecular flexibility index (Phi) is 3.53. The molecule has 0 spiro atoms. The normalized spacial score (nSPS) is 19.4. The van der Waals surface area contributed by atoms with Gasteiger partial charge in [0.15, 0.2) is 0 Å². The summed E-state index contributed by atoms with van der Waals surface area (Å²) in [6.07, 6.45) is 5.02. The number of pyridine rings is 1. The molecule has 2 unspecified atom stereocenters. The third-order valence-electron chi connectivity index (χ3n) is 4.12. The fourth-order valence-corrected chi connectivity index (χ4v) is 3.18. The van der Waals surface area contributed by atoms with E-state index in [2.05, 4.69) is 11.1 Å². The third kappa shape index (κ3) is 2.46. The van der Waals surface area contributed by atoms with Gasteiger partial charge in [-0.1, -0.05) is 12.1 Å². The molecule has 1 aromatic heterocycles. The van der Waals surface area contributed by atoms with Crippen LogP contribution < -0.4 is 5.73 Å². The van der Waals surface area contributed by atoms with Gasteiger partial charge >= 0.3 is 0 Å². The summed E-state index contributed by atoms with van der Waals surface area (Å²) in [5, 5.41) is 0. The van der Waals surface area contributed by atoms with Gasteiger partial charge in [0, 0.05) is 23.9 Å². The Morgan fingerprint density at radius 3 is 3.00 bits per heavy atom. The van der Waals surface area contributed by atoms with Crippen molar-refractivity contribution in [1.82, 2.24) is 4.98 Å². The van der Waals surface area contributed by atoms with Crippen molar-refractivity contribution >= 4 is 0 Å². The number of hydrogen-bond donors (Lipinski definition) is 1.